The molecule has 6 heteroatoms. The fourth-order valence-electron chi connectivity index (χ4n) is 4.85. The van der Waals surface area contributed by atoms with Gasteiger partial charge in [-0.3, -0.25) is 14.5 Å². The first-order valence-electron chi connectivity index (χ1n) is 11.7. The lowest BCUT2D eigenvalue weighted by Crippen LogP contribution is -2.40. The molecule has 0 saturated carbocycles. The van der Waals surface area contributed by atoms with Crippen LogP contribution in [0.1, 0.15) is 58.2 Å². The highest BCUT2D eigenvalue weighted by molar-refractivity contribution is 5.95. The summed E-state index contributed by atoms with van der Waals surface area (Å²) in [5, 5.41) is 0. The standard InChI is InChI=1S/C27H28N4O2/c1-19-23-14-15-24(32)31(17-20-9-4-2-5-10-20)26(23)29-25(28-19)22-13-8-16-30(18-22)27(33)21-11-6-3-7-12-21/h2-7,9-12,22H,8,13-18H2,1H3/t22-/m1/s1. The Morgan fingerprint density at radius 1 is 1.00 bits per heavy atom. The van der Waals surface area contributed by atoms with Crippen molar-refractivity contribution in [3.05, 3.63) is 88.9 Å². The van der Waals surface area contributed by atoms with Gasteiger partial charge < -0.3 is 4.90 Å². The van der Waals surface area contributed by atoms with Crippen LogP contribution in [-0.4, -0.2) is 39.8 Å². The lowest BCUT2D eigenvalue weighted by Gasteiger charge is -2.34. The molecule has 3 aromatic rings. The zero-order valence-corrected chi connectivity index (χ0v) is 18.9. The third kappa shape index (κ3) is 4.38. The van der Waals surface area contributed by atoms with Crippen LogP contribution in [-0.2, 0) is 17.8 Å². The van der Waals surface area contributed by atoms with Gasteiger partial charge in [0.1, 0.15) is 11.6 Å². The number of anilines is 1. The van der Waals surface area contributed by atoms with Crippen LogP contribution in [0.25, 0.3) is 0 Å². The monoisotopic (exact) mass is 440 g/mol. The Labute approximate surface area is 194 Å². The summed E-state index contributed by atoms with van der Waals surface area (Å²) >= 11 is 0. The van der Waals surface area contributed by atoms with Crippen molar-refractivity contribution in [2.75, 3.05) is 18.0 Å². The molecule has 5 rings (SSSR count). The minimum atomic E-state index is 0.0517. The lowest BCUT2D eigenvalue weighted by atomic mass is 9.95. The van der Waals surface area contributed by atoms with Crippen LogP contribution in [0.15, 0.2) is 60.7 Å². The van der Waals surface area contributed by atoms with Crippen LogP contribution >= 0.6 is 0 Å². The number of benzene rings is 2. The van der Waals surface area contributed by atoms with E-state index in [0.29, 0.717) is 31.5 Å². The topological polar surface area (TPSA) is 66.4 Å². The Morgan fingerprint density at radius 3 is 2.48 bits per heavy atom. The Bertz CT molecular complexity index is 1160. The molecule has 168 valence electrons. The van der Waals surface area contributed by atoms with Gasteiger partial charge in [-0.2, -0.15) is 0 Å². The quantitative estimate of drug-likeness (QED) is 0.607. The van der Waals surface area contributed by atoms with E-state index in [4.69, 9.17) is 9.97 Å². The molecule has 1 aromatic heterocycles. The summed E-state index contributed by atoms with van der Waals surface area (Å²) in [6.45, 7) is 3.85. The zero-order chi connectivity index (χ0) is 22.8. The minimum Gasteiger partial charge on any atom is -0.338 e. The highest BCUT2D eigenvalue weighted by Gasteiger charge is 2.32. The van der Waals surface area contributed by atoms with Gasteiger partial charge in [-0.25, -0.2) is 9.97 Å². The molecule has 1 saturated heterocycles. The molecule has 0 spiro atoms. The molecule has 0 radical (unpaired) electrons. The molecule has 2 aliphatic rings. The van der Waals surface area contributed by atoms with Gasteiger partial charge in [0.25, 0.3) is 5.91 Å². The van der Waals surface area contributed by atoms with Crippen molar-refractivity contribution < 1.29 is 9.59 Å². The van der Waals surface area contributed by atoms with Gasteiger partial charge in [-0.05, 0) is 43.9 Å². The molecule has 0 bridgehead atoms. The van der Waals surface area contributed by atoms with Crippen LogP contribution in [0, 0.1) is 6.92 Å². The average molecular weight is 441 g/mol. The van der Waals surface area contributed by atoms with Gasteiger partial charge in [0.15, 0.2) is 0 Å². The summed E-state index contributed by atoms with van der Waals surface area (Å²) in [7, 11) is 0. The Hall–Kier alpha value is -3.54. The molecule has 2 aliphatic heterocycles. The van der Waals surface area contributed by atoms with Crippen molar-refractivity contribution in [1.82, 2.24) is 14.9 Å². The minimum absolute atomic E-state index is 0.0517. The summed E-state index contributed by atoms with van der Waals surface area (Å²) < 4.78 is 0. The van der Waals surface area contributed by atoms with E-state index in [1.165, 1.54) is 0 Å². The molecule has 0 aliphatic carbocycles. The molecule has 2 aromatic carbocycles. The van der Waals surface area contributed by atoms with E-state index >= 15 is 0 Å². The molecule has 1 atom stereocenters. The van der Waals surface area contributed by atoms with Crippen molar-refractivity contribution in [1.29, 1.82) is 0 Å². The number of amides is 2. The van der Waals surface area contributed by atoms with Gasteiger partial charge in [-0.1, -0.05) is 48.5 Å². The van der Waals surface area contributed by atoms with E-state index in [0.717, 1.165) is 47.8 Å². The molecule has 0 N–H and O–H groups in total. The molecule has 0 unspecified atom stereocenters. The van der Waals surface area contributed by atoms with Crippen LogP contribution < -0.4 is 4.90 Å². The van der Waals surface area contributed by atoms with Gasteiger partial charge in [0, 0.05) is 42.2 Å². The highest BCUT2D eigenvalue weighted by Crippen LogP contribution is 2.33. The first-order chi connectivity index (χ1) is 16.1. The normalized spacial score (nSPS) is 18.2. The summed E-state index contributed by atoms with van der Waals surface area (Å²) in [5.74, 6) is 1.69. The van der Waals surface area contributed by atoms with E-state index in [2.05, 4.69) is 0 Å². The summed E-state index contributed by atoms with van der Waals surface area (Å²) in [4.78, 5) is 39.4. The zero-order valence-electron chi connectivity index (χ0n) is 18.9. The number of carbonyl (C=O) groups excluding carboxylic acids is 2. The van der Waals surface area contributed by atoms with Gasteiger partial charge in [-0.15, -0.1) is 0 Å². The van der Waals surface area contributed by atoms with E-state index in [1.54, 1.807) is 0 Å². The highest BCUT2D eigenvalue weighted by atomic mass is 16.2. The second kappa shape index (κ2) is 9.14. The number of hydrogen-bond acceptors (Lipinski definition) is 4. The second-order valence-electron chi connectivity index (χ2n) is 8.89. The third-order valence-electron chi connectivity index (χ3n) is 6.63. The number of piperidine rings is 1. The number of likely N-dealkylation sites (tertiary alicyclic amines) is 1. The lowest BCUT2D eigenvalue weighted by molar-refractivity contribution is -0.119. The molecule has 2 amide bonds. The van der Waals surface area contributed by atoms with E-state index < -0.39 is 0 Å². The van der Waals surface area contributed by atoms with Crippen molar-refractivity contribution in [2.24, 2.45) is 0 Å². The van der Waals surface area contributed by atoms with Gasteiger partial charge in [0.05, 0.1) is 6.54 Å². The predicted molar refractivity (Wildman–Crippen MR) is 127 cm³/mol. The number of carbonyl (C=O) groups is 2. The number of nitrogens with zero attached hydrogens (tertiary/aromatic N) is 4. The maximum atomic E-state index is 13.0. The Morgan fingerprint density at radius 2 is 1.73 bits per heavy atom. The maximum absolute atomic E-state index is 13.0. The van der Waals surface area contributed by atoms with Crippen molar-refractivity contribution in [3.8, 4) is 0 Å². The van der Waals surface area contributed by atoms with E-state index in [1.807, 2.05) is 77.4 Å². The average Bonchev–Trinajstić information content (AvgIpc) is 2.86. The number of fused-ring (bicyclic) bond motifs is 1. The summed E-state index contributed by atoms with van der Waals surface area (Å²) in [6, 6.07) is 19.4. The Kier molecular flexibility index (Phi) is 5.90. The first-order valence-corrected chi connectivity index (χ1v) is 11.7. The first kappa shape index (κ1) is 21.3. The Balaban J connectivity index is 1.43. The number of aryl methyl sites for hydroxylation is 1. The van der Waals surface area contributed by atoms with Gasteiger partial charge in [0.2, 0.25) is 5.91 Å². The molecular weight excluding hydrogens is 412 g/mol. The van der Waals surface area contributed by atoms with Crippen LogP contribution in [0.5, 0.6) is 0 Å². The number of aromatic nitrogens is 2. The van der Waals surface area contributed by atoms with Crippen molar-refractivity contribution >= 4 is 17.6 Å². The largest absolute Gasteiger partial charge is 0.338 e. The molecule has 3 heterocycles. The number of hydrogen-bond donors (Lipinski definition) is 0. The van der Waals surface area contributed by atoms with Crippen molar-refractivity contribution in [3.63, 3.8) is 0 Å². The summed E-state index contributed by atoms with van der Waals surface area (Å²) in [5.41, 5.74) is 3.78. The summed E-state index contributed by atoms with van der Waals surface area (Å²) in [6.07, 6.45) is 3.00. The molecule has 33 heavy (non-hydrogen) atoms. The third-order valence-corrected chi connectivity index (χ3v) is 6.63. The van der Waals surface area contributed by atoms with Crippen LogP contribution in [0.4, 0.5) is 5.82 Å². The van der Waals surface area contributed by atoms with E-state index in [-0.39, 0.29) is 17.7 Å². The number of rotatable bonds is 4. The fraction of sp³-hybridized carbons (Fsp3) is 0.333. The van der Waals surface area contributed by atoms with Crippen LogP contribution in [0.2, 0.25) is 0 Å². The molecular formula is C27H28N4O2. The molecule has 6 nitrogen and oxygen atoms in total. The maximum Gasteiger partial charge on any atom is 0.253 e. The van der Waals surface area contributed by atoms with Crippen LogP contribution in [0.3, 0.4) is 0 Å². The predicted octanol–water partition coefficient (Wildman–Crippen LogP) is 4.28. The van der Waals surface area contributed by atoms with Crippen molar-refractivity contribution in [2.45, 2.75) is 45.1 Å². The SMILES string of the molecule is Cc1nc([C@@H]2CCCN(C(=O)c3ccccc3)C2)nc2c1CCC(=O)N2Cc1ccccc1. The van der Waals surface area contributed by atoms with E-state index in [9.17, 15) is 9.59 Å². The second-order valence-corrected chi connectivity index (χ2v) is 8.89. The molecule has 1 fully saturated rings. The van der Waals surface area contributed by atoms with Gasteiger partial charge >= 0.3 is 0 Å². The smallest absolute Gasteiger partial charge is 0.253 e. The fourth-order valence-corrected chi connectivity index (χ4v) is 4.85.